The number of hydrogen-bond donors (Lipinski definition) is 2. The number of para-hydroxylation sites is 1. The largest absolute Gasteiger partial charge is 0.506 e. The molecule has 0 aromatic heterocycles. The molecule has 2 unspecified atom stereocenters. The van der Waals surface area contributed by atoms with Gasteiger partial charge in [-0.3, -0.25) is 4.79 Å². The van der Waals surface area contributed by atoms with Gasteiger partial charge in [-0.25, -0.2) is 0 Å². The second-order valence-corrected chi connectivity index (χ2v) is 8.12. The molecule has 1 aromatic carbocycles. The Kier molecular flexibility index (Phi) is 5.61. The number of carbonyl (C=O) groups excluding carboxylic acids is 1. The van der Waals surface area contributed by atoms with Crippen molar-refractivity contribution in [3.05, 3.63) is 63.9 Å². The highest BCUT2D eigenvalue weighted by Gasteiger charge is 2.42. The van der Waals surface area contributed by atoms with Crippen molar-refractivity contribution in [1.82, 2.24) is 0 Å². The summed E-state index contributed by atoms with van der Waals surface area (Å²) in [5.41, 5.74) is 5.95. The first kappa shape index (κ1) is 20.2. The van der Waals surface area contributed by atoms with Gasteiger partial charge in [-0.05, 0) is 52.7 Å². The molecule has 2 N–H and O–H groups in total. The molecule has 0 amide bonds. The first-order valence-electron chi connectivity index (χ1n) is 9.72. The van der Waals surface area contributed by atoms with E-state index in [0.29, 0.717) is 24.1 Å². The number of nitrogens with zero attached hydrogens (tertiary/aromatic N) is 1. The van der Waals surface area contributed by atoms with Crippen LogP contribution >= 0.6 is 0 Å². The normalized spacial score (nSPS) is 21.0. The molecule has 28 heavy (non-hydrogen) atoms. The van der Waals surface area contributed by atoms with Crippen LogP contribution in [0.4, 0.5) is 5.69 Å². The first-order chi connectivity index (χ1) is 13.2. The molecule has 0 bridgehead atoms. The van der Waals surface area contributed by atoms with Crippen LogP contribution in [0.3, 0.4) is 0 Å². The predicted molar refractivity (Wildman–Crippen MR) is 114 cm³/mol. The fourth-order valence-electron chi connectivity index (χ4n) is 3.98. The van der Waals surface area contributed by atoms with Crippen molar-refractivity contribution in [2.75, 3.05) is 11.9 Å². The van der Waals surface area contributed by atoms with Crippen LogP contribution in [-0.2, 0) is 4.79 Å². The van der Waals surface area contributed by atoms with Gasteiger partial charge in [0.05, 0.1) is 23.4 Å². The van der Waals surface area contributed by atoms with Gasteiger partial charge >= 0.3 is 0 Å². The number of likely N-dealkylation sites (N-methyl/N-ethyl adjacent to an activating group) is 1. The summed E-state index contributed by atoms with van der Waals surface area (Å²) in [5.74, 6) is -0.337. The van der Waals surface area contributed by atoms with Crippen molar-refractivity contribution >= 4 is 17.5 Å². The van der Waals surface area contributed by atoms with E-state index in [1.54, 1.807) is 12.1 Å². The number of aliphatic hydroxyl groups excluding tert-OH is 1. The number of Topliss-reactive ketones (excluding diaryl/α,β-unsaturated/α-hetero) is 1. The third-order valence-corrected chi connectivity index (χ3v) is 5.42. The van der Waals surface area contributed by atoms with E-state index in [0.717, 1.165) is 28.0 Å². The maximum Gasteiger partial charge on any atom is 0.167 e. The van der Waals surface area contributed by atoms with Crippen molar-refractivity contribution in [2.45, 2.75) is 46.6 Å². The van der Waals surface area contributed by atoms with Crippen molar-refractivity contribution in [1.29, 1.82) is 0 Å². The Morgan fingerprint density at radius 1 is 1.14 bits per heavy atom. The fraction of sp³-hybridized carbons (Fsp3) is 0.375. The Morgan fingerprint density at radius 2 is 1.82 bits per heavy atom. The van der Waals surface area contributed by atoms with Crippen LogP contribution in [0.5, 0.6) is 5.75 Å². The van der Waals surface area contributed by atoms with E-state index in [4.69, 9.17) is 0 Å². The van der Waals surface area contributed by atoms with Gasteiger partial charge in [-0.2, -0.15) is 0 Å². The molecular weight excluding hydrogens is 350 g/mol. The number of aromatic hydroxyl groups is 1. The number of phenols is 1. The summed E-state index contributed by atoms with van der Waals surface area (Å²) in [4.78, 5) is 15.2. The number of hydrogen-bond acceptors (Lipinski definition) is 4. The quantitative estimate of drug-likeness (QED) is 0.741. The molecule has 2 atom stereocenters. The summed E-state index contributed by atoms with van der Waals surface area (Å²) in [5, 5.41) is 21.5. The van der Waals surface area contributed by atoms with Gasteiger partial charge in [-0.15, -0.1) is 0 Å². The predicted octanol–water partition coefficient (Wildman–Crippen LogP) is 4.75. The maximum atomic E-state index is 13.4. The summed E-state index contributed by atoms with van der Waals surface area (Å²) in [6.07, 6.45) is 6.14. The third-order valence-electron chi connectivity index (χ3n) is 5.42. The minimum atomic E-state index is -0.869. The van der Waals surface area contributed by atoms with E-state index >= 15 is 0 Å². The first-order valence-corrected chi connectivity index (χ1v) is 9.72. The average Bonchev–Trinajstić information content (AvgIpc) is 2.61. The van der Waals surface area contributed by atoms with E-state index in [2.05, 4.69) is 0 Å². The second-order valence-electron chi connectivity index (χ2n) is 8.12. The molecule has 0 fully saturated rings. The monoisotopic (exact) mass is 379 g/mol. The van der Waals surface area contributed by atoms with E-state index < -0.39 is 12.0 Å². The molecule has 1 aliphatic carbocycles. The zero-order valence-electron chi connectivity index (χ0n) is 17.3. The standard InChI is InChI=1S/C24H29NO3/c1-14(2)9-11-17-22-19(24(28)18(23(17)27)12-10-15(3)4)13-16-7-6-8-20(26)21(16)25(22)5/h6-10,13,18,24,26,28H,11-12H2,1-5H3. The molecular formula is C24H29NO3. The number of phenolic OH excluding ortho intramolecular Hbond substituents is 1. The molecule has 1 aliphatic heterocycles. The van der Waals surface area contributed by atoms with Crippen molar-refractivity contribution < 1.29 is 15.0 Å². The van der Waals surface area contributed by atoms with Gasteiger partial charge in [0, 0.05) is 23.8 Å². The lowest BCUT2D eigenvalue weighted by Gasteiger charge is -2.40. The highest BCUT2D eigenvalue weighted by molar-refractivity contribution is 6.04. The van der Waals surface area contributed by atoms with Crippen LogP contribution in [-0.4, -0.2) is 29.1 Å². The van der Waals surface area contributed by atoms with Gasteiger partial charge in [0.25, 0.3) is 0 Å². The molecule has 2 aliphatic rings. The molecule has 148 valence electrons. The topological polar surface area (TPSA) is 60.8 Å². The number of allylic oxidation sites excluding steroid dienone is 5. The smallest absolute Gasteiger partial charge is 0.167 e. The number of aliphatic hydroxyl groups is 1. The van der Waals surface area contributed by atoms with Crippen molar-refractivity contribution in [3.63, 3.8) is 0 Å². The molecule has 0 spiro atoms. The lowest BCUT2D eigenvalue weighted by Crippen LogP contribution is -2.41. The summed E-state index contributed by atoms with van der Waals surface area (Å²) < 4.78 is 0. The molecule has 0 radical (unpaired) electrons. The van der Waals surface area contributed by atoms with Gasteiger partial charge in [0.2, 0.25) is 0 Å². The molecule has 1 heterocycles. The SMILES string of the molecule is CC(C)=CCC1=C2C(=Cc3cccc(O)c3N2C)C(O)C(CC=C(C)C)C1=O. The number of ketones is 1. The molecule has 0 saturated heterocycles. The lowest BCUT2D eigenvalue weighted by atomic mass is 9.75. The van der Waals surface area contributed by atoms with E-state index in [1.165, 1.54) is 0 Å². The van der Waals surface area contributed by atoms with Crippen LogP contribution in [0.25, 0.3) is 6.08 Å². The summed E-state index contributed by atoms with van der Waals surface area (Å²) in [7, 11) is 1.85. The van der Waals surface area contributed by atoms with E-state index in [9.17, 15) is 15.0 Å². The Balaban J connectivity index is 2.21. The van der Waals surface area contributed by atoms with E-state index in [1.807, 2.05) is 63.9 Å². The third kappa shape index (κ3) is 3.57. The van der Waals surface area contributed by atoms with Crippen LogP contribution in [0.15, 0.2) is 58.3 Å². The number of carbonyl (C=O) groups is 1. The van der Waals surface area contributed by atoms with Crippen LogP contribution in [0.1, 0.15) is 46.1 Å². The molecule has 1 aromatic rings. The van der Waals surface area contributed by atoms with Crippen LogP contribution in [0, 0.1) is 5.92 Å². The zero-order chi connectivity index (χ0) is 20.6. The Labute approximate surface area is 167 Å². The van der Waals surface area contributed by atoms with Gasteiger partial charge in [-0.1, -0.05) is 35.4 Å². The minimum absolute atomic E-state index is 0.0135. The van der Waals surface area contributed by atoms with Gasteiger partial charge in [0.1, 0.15) is 5.75 Å². The van der Waals surface area contributed by atoms with Crippen LogP contribution < -0.4 is 4.90 Å². The van der Waals surface area contributed by atoms with Crippen LogP contribution in [0.2, 0.25) is 0 Å². The highest BCUT2D eigenvalue weighted by atomic mass is 16.3. The number of anilines is 1. The van der Waals surface area contributed by atoms with E-state index in [-0.39, 0.29) is 11.5 Å². The van der Waals surface area contributed by atoms with Crippen molar-refractivity contribution in [2.24, 2.45) is 5.92 Å². The maximum absolute atomic E-state index is 13.4. The summed E-state index contributed by atoms with van der Waals surface area (Å²) in [6, 6.07) is 5.35. The van der Waals surface area contributed by atoms with Crippen molar-refractivity contribution in [3.8, 4) is 5.75 Å². The van der Waals surface area contributed by atoms with Gasteiger partial charge in [0.15, 0.2) is 5.78 Å². The summed E-state index contributed by atoms with van der Waals surface area (Å²) >= 11 is 0. The number of benzene rings is 1. The number of fused-ring (bicyclic) bond motifs is 2. The summed E-state index contributed by atoms with van der Waals surface area (Å²) in [6.45, 7) is 8.02. The fourth-order valence-corrected chi connectivity index (χ4v) is 3.98. The Morgan fingerprint density at radius 3 is 2.46 bits per heavy atom. The number of rotatable bonds is 4. The Hall–Kier alpha value is -2.59. The second kappa shape index (κ2) is 7.80. The molecule has 4 nitrogen and oxygen atoms in total. The zero-order valence-corrected chi connectivity index (χ0v) is 17.3. The minimum Gasteiger partial charge on any atom is -0.506 e. The lowest BCUT2D eigenvalue weighted by molar-refractivity contribution is -0.122. The molecule has 0 saturated carbocycles. The molecule has 3 rings (SSSR count). The highest BCUT2D eigenvalue weighted by Crippen LogP contribution is 2.46. The van der Waals surface area contributed by atoms with Gasteiger partial charge < -0.3 is 15.1 Å². The molecule has 4 heteroatoms. The average molecular weight is 380 g/mol. The Bertz CT molecular complexity index is 925.